The lowest BCUT2D eigenvalue weighted by molar-refractivity contribution is 0.762. The molecular weight excluding hydrogens is 220 g/mol. The molecule has 2 nitrogen and oxygen atoms in total. The van der Waals surface area contributed by atoms with Crippen molar-refractivity contribution in [2.24, 2.45) is 10.9 Å². The van der Waals surface area contributed by atoms with Crippen LogP contribution in [0.15, 0.2) is 41.7 Å². The molecule has 0 saturated heterocycles. The van der Waals surface area contributed by atoms with Crippen LogP contribution in [0.2, 0.25) is 0 Å². The van der Waals surface area contributed by atoms with E-state index < -0.39 is 0 Å². The van der Waals surface area contributed by atoms with E-state index in [-0.39, 0.29) is 0 Å². The van der Waals surface area contributed by atoms with Crippen molar-refractivity contribution in [3.05, 3.63) is 53.5 Å². The summed E-state index contributed by atoms with van der Waals surface area (Å²) in [6, 6.07) is 2.07. The number of hydrogen-bond donors (Lipinski definition) is 0. The van der Waals surface area contributed by atoms with Crippen LogP contribution in [-0.2, 0) is 0 Å². The molecule has 18 heavy (non-hydrogen) atoms. The first-order chi connectivity index (χ1) is 8.45. The van der Waals surface area contributed by atoms with Crippen LogP contribution in [0.4, 0.5) is 0 Å². The van der Waals surface area contributed by atoms with Gasteiger partial charge in [-0.15, -0.1) is 0 Å². The third-order valence-electron chi connectivity index (χ3n) is 2.89. The molecule has 0 fully saturated rings. The monoisotopic (exact) mass is 242 g/mol. The molecule has 0 radical (unpaired) electrons. The van der Waals surface area contributed by atoms with E-state index in [2.05, 4.69) is 50.3 Å². The Hall–Kier alpha value is -1.70. The fraction of sp³-hybridized carbons (Fsp3) is 0.375. The Morgan fingerprint density at radius 3 is 2.50 bits per heavy atom. The average Bonchev–Trinajstić information content (AvgIpc) is 2.32. The van der Waals surface area contributed by atoms with Gasteiger partial charge in [0.15, 0.2) is 0 Å². The number of hydrogen-bond acceptors (Lipinski definition) is 2. The smallest absolute Gasteiger partial charge is 0.0888 e. The highest BCUT2D eigenvalue weighted by molar-refractivity contribution is 6.07. The minimum Gasteiger partial charge on any atom is -0.254 e. The van der Waals surface area contributed by atoms with Crippen LogP contribution in [0.3, 0.4) is 0 Å². The third kappa shape index (κ3) is 3.66. The Morgan fingerprint density at radius 1 is 1.33 bits per heavy atom. The number of pyridine rings is 1. The van der Waals surface area contributed by atoms with Gasteiger partial charge in [0.25, 0.3) is 0 Å². The lowest BCUT2D eigenvalue weighted by Gasteiger charge is -2.08. The van der Waals surface area contributed by atoms with Gasteiger partial charge in [0, 0.05) is 11.9 Å². The Kier molecular flexibility index (Phi) is 5.02. The molecule has 96 valence electrons. The molecule has 0 bridgehead atoms. The van der Waals surface area contributed by atoms with Crippen LogP contribution in [-0.4, -0.2) is 10.7 Å². The fourth-order valence-corrected chi connectivity index (χ4v) is 1.39. The number of aliphatic imine (C=N–C) groups is 1. The normalized spacial score (nSPS) is 12.4. The van der Waals surface area contributed by atoms with Gasteiger partial charge in [0.1, 0.15) is 0 Å². The standard InChI is InChI=1S/C16H22N2/c1-7-8-15(18-14(6)11(2)3)16-9-12(4)13(5)10-17-16/h7-11H,6H2,1-5H3/b8-7-,18-15?. The number of aryl methyl sites for hydroxylation is 2. The summed E-state index contributed by atoms with van der Waals surface area (Å²) in [5.74, 6) is 0.344. The predicted molar refractivity (Wildman–Crippen MR) is 79.0 cm³/mol. The van der Waals surface area contributed by atoms with Crippen LogP contribution in [0.25, 0.3) is 0 Å². The lowest BCUT2D eigenvalue weighted by atomic mass is 10.1. The van der Waals surface area contributed by atoms with E-state index in [0.29, 0.717) is 5.92 Å². The highest BCUT2D eigenvalue weighted by atomic mass is 14.8. The van der Waals surface area contributed by atoms with Gasteiger partial charge in [-0.3, -0.25) is 9.98 Å². The van der Waals surface area contributed by atoms with Crippen molar-refractivity contribution in [2.45, 2.75) is 34.6 Å². The van der Waals surface area contributed by atoms with Gasteiger partial charge in [-0.05, 0) is 50.0 Å². The minimum absolute atomic E-state index is 0.344. The van der Waals surface area contributed by atoms with Crippen LogP contribution in [0.5, 0.6) is 0 Å². The zero-order valence-electron chi connectivity index (χ0n) is 12.0. The van der Waals surface area contributed by atoms with Crippen molar-refractivity contribution in [2.75, 3.05) is 0 Å². The molecule has 0 aliphatic rings. The largest absolute Gasteiger partial charge is 0.254 e. The summed E-state index contributed by atoms with van der Waals surface area (Å²) < 4.78 is 0. The maximum absolute atomic E-state index is 4.58. The van der Waals surface area contributed by atoms with Gasteiger partial charge in [0.2, 0.25) is 0 Å². The summed E-state index contributed by atoms with van der Waals surface area (Å²) in [6.07, 6.45) is 5.84. The molecule has 0 spiro atoms. The van der Waals surface area contributed by atoms with Crippen LogP contribution >= 0.6 is 0 Å². The Bertz CT molecular complexity index is 494. The molecule has 0 unspecified atom stereocenters. The first-order valence-corrected chi connectivity index (χ1v) is 6.29. The highest BCUT2D eigenvalue weighted by Crippen LogP contribution is 2.13. The quantitative estimate of drug-likeness (QED) is 0.725. The topological polar surface area (TPSA) is 25.2 Å². The van der Waals surface area contributed by atoms with Crippen molar-refractivity contribution < 1.29 is 0 Å². The number of aromatic nitrogens is 1. The molecule has 0 aromatic carbocycles. The van der Waals surface area contributed by atoms with Gasteiger partial charge in [-0.25, -0.2) is 0 Å². The second-order valence-electron chi connectivity index (χ2n) is 4.80. The fourth-order valence-electron chi connectivity index (χ4n) is 1.39. The first kappa shape index (κ1) is 14.4. The van der Waals surface area contributed by atoms with Crippen LogP contribution < -0.4 is 0 Å². The van der Waals surface area contributed by atoms with E-state index in [4.69, 9.17) is 0 Å². The van der Waals surface area contributed by atoms with Gasteiger partial charge >= 0.3 is 0 Å². The maximum atomic E-state index is 4.58. The van der Waals surface area contributed by atoms with Crippen LogP contribution in [0.1, 0.15) is 37.6 Å². The first-order valence-electron chi connectivity index (χ1n) is 6.29. The zero-order valence-corrected chi connectivity index (χ0v) is 12.0. The second kappa shape index (κ2) is 6.29. The molecule has 0 amide bonds. The van der Waals surface area contributed by atoms with Crippen molar-refractivity contribution in [3.63, 3.8) is 0 Å². The molecule has 2 heteroatoms. The number of nitrogens with zero attached hydrogens (tertiary/aromatic N) is 2. The number of allylic oxidation sites excluding steroid dienone is 3. The Morgan fingerprint density at radius 2 is 2.00 bits per heavy atom. The van der Waals surface area contributed by atoms with Gasteiger partial charge in [-0.1, -0.05) is 26.5 Å². The molecule has 0 N–H and O–H groups in total. The minimum atomic E-state index is 0.344. The summed E-state index contributed by atoms with van der Waals surface area (Å²) >= 11 is 0. The molecule has 0 aliphatic carbocycles. The molecule has 1 aromatic rings. The lowest BCUT2D eigenvalue weighted by Crippen LogP contribution is -2.04. The molecule has 1 aromatic heterocycles. The van der Waals surface area contributed by atoms with Crippen molar-refractivity contribution in [3.8, 4) is 0 Å². The van der Waals surface area contributed by atoms with E-state index >= 15 is 0 Å². The summed E-state index contributed by atoms with van der Waals surface area (Å²) in [5, 5.41) is 0. The van der Waals surface area contributed by atoms with E-state index in [1.807, 2.05) is 25.3 Å². The van der Waals surface area contributed by atoms with E-state index in [1.165, 1.54) is 11.1 Å². The van der Waals surface area contributed by atoms with E-state index in [1.54, 1.807) is 0 Å². The molecule has 1 rings (SSSR count). The zero-order chi connectivity index (χ0) is 13.7. The number of rotatable bonds is 4. The maximum Gasteiger partial charge on any atom is 0.0888 e. The molecule has 0 atom stereocenters. The summed E-state index contributed by atoms with van der Waals surface area (Å²) in [6.45, 7) is 14.3. The van der Waals surface area contributed by atoms with Crippen molar-refractivity contribution in [1.29, 1.82) is 0 Å². The summed E-state index contributed by atoms with van der Waals surface area (Å²) in [7, 11) is 0. The highest BCUT2D eigenvalue weighted by Gasteiger charge is 2.06. The van der Waals surface area contributed by atoms with Gasteiger partial charge < -0.3 is 0 Å². The molecule has 0 saturated carbocycles. The van der Waals surface area contributed by atoms with E-state index in [9.17, 15) is 0 Å². The Balaban J connectivity index is 3.20. The van der Waals surface area contributed by atoms with E-state index in [0.717, 1.165) is 17.1 Å². The molecule has 0 aliphatic heterocycles. The molecular formula is C16H22N2. The predicted octanol–water partition coefficient (Wildman–Crippen LogP) is 4.23. The Labute approximate surface area is 110 Å². The van der Waals surface area contributed by atoms with Crippen molar-refractivity contribution in [1.82, 2.24) is 4.98 Å². The average molecular weight is 242 g/mol. The van der Waals surface area contributed by atoms with Gasteiger partial charge in [0.05, 0.1) is 11.4 Å². The molecule has 1 heterocycles. The summed E-state index contributed by atoms with van der Waals surface area (Å²) in [4.78, 5) is 9.03. The second-order valence-corrected chi connectivity index (χ2v) is 4.80. The van der Waals surface area contributed by atoms with Gasteiger partial charge in [-0.2, -0.15) is 0 Å². The summed E-state index contributed by atoms with van der Waals surface area (Å²) in [5.41, 5.74) is 5.08. The van der Waals surface area contributed by atoms with Crippen LogP contribution in [0, 0.1) is 19.8 Å². The van der Waals surface area contributed by atoms with Crippen molar-refractivity contribution >= 4 is 5.71 Å². The third-order valence-corrected chi connectivity index (χ3v) is 2.89. The SMILES string of the molecule is C=C(N=C(/C=C\C)c1cc(C)c(C)cn1)C(C)C.